The highest BCUT2D eigenvalue weighted by Crippen LogP contribution is 2.13. The normalized spacial score (nSPS) is 19.5. The van der Waals surface area contributed by atoms with Gasteiger partial charge in [0.2, 0.25) is 11.7 Å². The zero-order valence-corrected chi connectivity index (χ0v) is 9.54. The minimum Gasteiger partial charge on any atom is -0.480 e. The molecule has 0 saturated carbocycles. The van der Waals surface area contributed by atoms with Crippen LogP contribution in [0.5, 0.6) is 0 Å². The summed E-state index contributed by atoms with van der Waals surface area (Å²) in [5, 5.41) is 11.4. The largest absolute Gasteiger partial charge is 0.480 e. The number of carbonyl (C=O) groups excluding carboxylic acids is 2. The number of nitrogens with one attached hydrogen (secondary N) is 1. The van der Waals surface area contributed by atoms with Gasteiger partial charge in [-0.1, -0.05) is 0 Å². The van der Waals surface area contributed by atoms with Gasteiger partial charge < -0.3 is 19.7 Å². The first kappa shape index (κ1) is 12.1. The van der Waals surface area contributed by atoms with Gasteiger partial charge in [-0.3, -0.25) is 9.59 Å². The van der Waals surface area contributed by atoms with E-state index in [1.165, 1.54) is 0 Å². The molecule has 2 N–H and O–H groups in total. The fraction of sp³-hybridized carbons (Fsp3) is 0.400. The molecule has 0 aliphatic carbocycles. The number of carbonyl (C=O) groups is 3. The van der Waals surface area contributed by atoms with Gasteiger partial charge in [-0.2, -0.15) is 0 Å². The van der Waals surface area contributed by atoms with Crippen molar-refractivity contribution in [2.45, 2.75) is 13.0 Å². The molecule has 1 atom stereocenters. The first-order chi connectivity index (χ1) is 8.50. The Balaban J connectivity index is 2.28. The number of carboxylic acids is 1. The van der Waals surface area contributed by atoms with Crippen LogP contribution in [0, 0.1) is 6.92 Å². The van der Waals surface area contributed by atoms with Gasteiger partial charge in [-0.25, -0.2) is 9.78 Å². The molecule has 0 radical (unpaired) electrons. The summed E-state index contributed by atoms with van der Waals surface area (Å²) in [6.07, 6.45) is 1.10. The molecular weight excluding hydrogens is 242 g/mol. The summed E-state index contributed by atoms with van der Waals surface area (Å²) < 4.78 is 4.92. The highest BCUT2D eigenvalue weighted by Gasteiger charge is 2.37. The molecular formula is C10H11N3O5. The molecule has 8 nitrogen and oxygen atoms in total. The van der Waals surface area contributed by atoms with Crippen molar-refractivity contribution in [2.75, 3.05) is 13.1 Å². The summed E-state index contributed by atoms with van der Waals surface area (Å²) in [6.45, 7) is 1.14. The Morgan fingerprint density at radius 1 is 1.61 bits per heavy atom. The predicted molar refractivity (Wildman–Crippen MR) is 56.7 cm³/mol. The molecule has 18 heavy (non-hydrogen) atoms. The first-order valence-corrected chi connectivity index (χ1v) is 5.21. The van der Waals surface area contributed by atoms with E-state index in [1.807, 2.05) is 0 Å². The van der Waals surface area contributed by atoms with Crippen molar-refractivity contribution >= 4 is 17.8 Å². The Kier molecular flexibility index (Phi) is 3.00. The van der Waals surface area contributed by atoms with E-state index in [-0.39, 0.29) is 18.8 Å². The van der Waals surface area contributed by atoms with Crippen LogP contribution in [-0.2, 0) is 9.59 Å². The molecule has 8 heteroatoms. The highest BCUT2D eigenvalue weighted by molar-refractivity contribution is 5.98. The maximum atomic E-state index is 12.1. The minimum absolute atomic E-state index is 0.0454. The predicted octanol–water partition coefficient (Wildman–Crippen LogP) is -0.992. The van der Waals surface area contributed by atoms with Gasteiger partial charge in [-0.15, -0.1) is 0 Å². The van der Waals surface area contributed by atoms with Crippen LogP contribution >= 0.6 is 0 Å². The van der Waals surface area contributed by atoms with Crippen LogP contribution in [0.4, 0.5) is 0 Å². The molecule has 1 aliphatic heterocycles. The molecule has 2 heterocycles. The van der Waals surface area contributed by atoms with E-state index in [0.717, 1.165) is 11.3 Å². The highest BCUT2D eigenvalue weighted by atomic mass is 16.4. The Morgan fingerprint density at radius 2 is 2.33 bits per heavy atom. The number of piperazine rings is 1. The first-order valence-electron chi connectivity index (χ1n) is 5.21. The zero-order valence-electron chi connectivity index (χ0n) is 9.54. The average molecular weight is 253 g/mol. The van der Waals surface area contributed by atoms with E-state index in [9.17, 15) is 14.4 Å². The van der Waals surface area contributed by atoms with Gasteiger partial charge in [0.05, 0.1) is 5.69 Å². The van der Waals surface area contributed by atoms with Crippen LogP contribution in [0.2, 0.25) is 0 Å². The Hall–Kier alpha value is -2.38. The second-order valence-corrected chi connectivity index (χ2v) is 3.86. The van der Waals surface area contributed by atoms with Gasteiger partial charge >= 0.3 is 5.97 Å². The van der Waals surface area contributed by atoms with E-state index in [1.54, 1.807) is 6.92 Å². The fourth-order valence-corrected chi connectivity index (χ4v) is 1.71. The van der Waals surface area contributed by atoms with Crippen molar-refractivity contribution in [3.63, 3.8) is 0 Å². The van der Waals surface area contributed by atoms with Crippen LogP contribution in [0.1, 0.15) is 16.2 Å². The second-order valence-electron chi connectivity index (χ2n) is 3.86. The minimum atomic E-state index is -1.18. The monoisotopic (exact) mass is 253 g/mol. The molecule has 2 amide bonds. The van der Waals surface area contributed by atoms with E-state index in [0.29, 0.717) is 5.69 Å². The number of hydrogen-bond donors (Lipinski definition) is 2. The molecule has 96 valence electrons. The third kappa shape index (κ3) is 2.04. The van der Waals surface area contributed by atoms with Gasteiger partial charge in [0, 0.05) is 6.54 Å². The number of amides is 2. The number of nitrogens with zero attached hydrogens (tertiary/aromatic N) is 2. The standard InChI is InChI=1S/C10H11N3O5/c1-5-8(18-4-12-5)9(15)13-3-7(14)11-2-6(13)10(16)17/h4,6H,2-3H2,1H3,(H,11,14)(H,16,17). The van der Waals surface area contributed by atoms with Crippen LogP contribution in [-0.4, -0.2) is 51.9 Å². The summed E-state index contributed by atoms with van der Waals surface area (Å²) in [5.41, 5.74) is 0.357. The molecule has 2 rings (SSSR count). The molecule has 1 aromatic rings. The smallest absolute Gasteiger partial charge is 0.328 e. The number of rotatable bonds is 2. The lowest BCUT2D eigenvalue weighted by Gasteiger charge is -2.32. The summed E-state index contributed by atoms with van der Waals surface area (Å²) in [5.74, 6) is -2.28. The SMILES string of the molecule is Cc1ncoc1C(=O)N1CC(=O)NCC1C(=O)O. The quantitative estimate of drug-likeness (QED) is 0.699. The number of hydrogen-bond acceptors (Lipinski definition) is 5. The van der Waals surface area contributed by atoms with Crippen molar-refractivity contribution < 1.29 is 23.9 Å². The molecule has 0 spiro atoms. The van der Waals surface area contributed by atoms with Crippen LogP contribution < -0.4 is 5.32 Å². The number of oxazole rings is 1. The van der Waals surface area contributed by atoms with Gasteiger partial charge in [0.25, 0.3) is 5.91 Å². The van der Waals surface area contributed by atoms with Crippen molar-refractivity contribution in [3.05, 3.63) is 17.8 Å². The van der Waals surface area contributed by atoms with Crippen LogP contribution in [0.3, 0.4) is 0 Å². The van der Waals surface area contributed by atoms with Gasteiger partial charge in [0.15, 0.2) is 6.39 Å². The second kappa shape index (κ2) is 4.47. The number of carboxylic acid groups (broad SMARTS) is 1. The summed E-state index contributed by atoms with van der Waals surface area (Å²) in [4.78, 5) is 39.1. The van der Waals surface area contributed by atoms with Crippen molar-refractivity contribution in [1.29, 1.82) is 0 Å². The average Bonchev–Trinajstić information content (AvgIpc) is 2.74. The maximum Gasteiger partial charge on any atom is 0.328 e. The zero-order chi connectivity index (χ0) is 13.3. The number of aryl methyl sites for hydroxylation is 1. The third-order valence-corrected chi connectivity index (χ3v) is 2.67. The van der Waals surface area contributed by atoms with Gasteiger partial charge in [-0.05, 0) is 6.92 Å². The summed E-state index contributed by atoms with van der Waals surface area (Å²) in [7, 11) is 0. The van der Waals surface area contributed by atoms with E-state index in [4.69, 9.17) is 9.52 Å². The lowest BCUT2D eigenvalue weighted by Crippen LogP contribution is -2.59. The molecule has 1 saturated heterocycles. The van der Waals surface area contributed by atoms with E-state index >= 15 is 0 Å². The maximum absolute atomic E-state index is 12.1. The van der Waals surface area contributed by atoms with E-state index < -0.39 is 23.8 Å². The molecule has 1 fully saturated rings. The van der Waals surface area contributed by atoms with Crippen molar-refractivity contribution in [3.8, 4) is 0 Å². The molecule has 0 aromatic carbocycles. The van der Waals surface area contributed by atoms with Crippen LogP contribution in [0.15, 0.2) is 10.8 Å². The lowest BCUT2D eigenvalue weighted by molar-refractivity contribution is -0.144. The number of aliphatic carboxylic acids is 1. The topological polar surface area (TPSA) is 113 Å². The van der Waals surface area contributed by atoms with Crippen LogP contribution in [0.25, 0.3) is 0 Å². The molecule has 1 unspecified atom stereocenters. The summed E-state index contributed by atoms with van der Waals surface area (Å²) >= 11 is 0. The van der Waals surface area contributed by atoms with Crippen molar-refractivity contribution in [1.82, 2.24) is 15.2 Å². The Morgan fingerprint density at radius 3 is 2.89 bits per heavy atom. The fourth-order valence-electron chi connectivity index (χ4n) is 1.71. The molecule has 1 aliphatic rings. The molecule has 0 bridgehead atoms. The van der Waals surface area contributed by atoms with Crippen molar-refractivity contribution in [2.24, 2.45) is 0 Å². The van der Waals surface area contributed by atoms with Gasteiger partial charge in [0.1, 0.15) is 12.6 Å². The number of aromatic nitrogens is 1. The third-order valence-electron chi connectivity index (χ3n) is 2.67. The lowest BCUT2D eigenvalue weighted by atomic mass is 10.1. The van der Waals surface area contributed by atoms with E-state index in [2.05, 4.69) is 10.3 Å². The summed E-state index contributed by atoms with van der Waals surface area (Å²) in [6, 6.07) is -1.10. The Bertz CT molecular complexity index is 509. The Labute approximate surface area is 102 Å². The molecule has 1 aromatic heterocycles.